The minimum absolute atomic E-state index is 0.0193. The maximum absolute atomic E-state index is 6.19. The molecular formula is C14H15Br2NOS. The first-order valence-corrected chi connectivity index (χ1v) is 8.48. The third-order valence-corrected chi connectivity index (χ3v) is 5.09. The SMILES string of the molecule is CCC(N)C(Oc1ccc(Br)cc1)c1cc(Br)cs1. The molecule has 0 bridgehead atoms. The van der Waals surface area contributed by atoms with Gasteiger partial charge >= 0.3 is 0 Å². The van der Waals surface area contributed by atoms with Crippen LogP contribution in [0.2, 0.25) is 0 Å². The Balaban J connectivity index is 2.21. The molecule has 0 aliphatic heterocycles. The van der Waals surface area contributed by atoms with E-state index < -0.39 is 0 Å². The summed E-state index contributed by atoms with van der Waals surface area (Å²) < 4.78 is 8.17. The summed E-state index contributed by atoms with van der Waals surface area (Å²) in [5.74, 6) is 0.835. The summed E-state index contributed by atoms with van der Waals surface area (Å²) >= 11 is 8.56. The summed E-state index contributed by atoms with van der Waals surface area (Å²) in [4.78, 5) is 1.14. The van der Waals surface area contributed by atoms with E-state index in [2.05, 4.69) is 50.2 Å². The van der Waals surface area contributed by atoms with Crippen molar-refractivity contribution in [3.8, 4) is 5.75 Å². The van der Waals surface area contributed by atoms with Gasteiger partial charge in [-0.05, 0) is 52.7 Å². The molecule has 1 aromatic carbocycles. The van der Waals surface area contributed by atoms with Crippen molar-refractivity contribution in [3.63, 3.8) is 0 Å². The molecule has 19 heavy (non-hydrogen) atoms. The highest BCUT2D eigenvalue weighted by Gasteiger charge is 2.22. The monoisotopic (exact) mass is 403 g/mol. The molecule has 0 saturated carbocycles. The Morgan fingerprint density at radius 1 is 1.21 bits per heavy atom. The maximum atomic E-state index is 6.19. The van der Waals surface area contributed by atoms with Crippen LogP contribution >= 0.6 is 43.2 Å². The molecule has 0 fully saturated rings. The Labute approximate surface area is 134 Å². The lowest BCUT2D eigenvalue weighted by Crippen LogP contribution is -2.30. The zero-order valence-corrected chi connectivity index (χ0v) is 14.5. The summed E-state index contributed by atoms with van der Waals surface area (Å²) in [5, 5.41) is 2.05. The fraction of sp³-hybridized carbons (Fsp3) is 0.286. The van der Waals surface area contributed by atoms with Crippen LogP contribution in [0.15, 0.2) is 44.7 Å². The summed E-state index contributed by atoms with van der Waals surface area (Å²) in [6, 6.07) is 9.88. The number of benzene rings is 1. The average Bonchev–Trinajstić information content (AvgIpc) is 2.83. The lowest BCUT2D eigenvalue weighted by atomic mass is 10.1. The van der Waals surface area contributed by atoms with Gasteiger partial charge in [0.1, 0.15) is 11.9 Å². The number of nitrogens with two attached hydrogens (primary N) is 1. The second-order valence-corrected chi connectivity index (χ2v) is 7.01. The predicted molar refractivity (Wildman–Crippen MR) is 87.8 cm³/mol. The molecule has 102 valence electrons. The first-order chi connectivity index (χ1) is 9.10. The van der Waals surface area contributed by atoms with Crippen LogP contribution in [0.4, 0.5) is 0 Å². The second kappa shape index (κ2) is 6.88. The third-order valence-electron chi connectivity index (χ3n) is 2.81. The lowest BCUT2D eigenvalue weighted by Gasteiger charge is -2.23. The van der Waals surface area contributed by atoms with Crippen molar-refractivity contribution >= 4 is 43.2 Å². The first kappa shape index (κ1) is 15.0. The summed E-state index contributed by atoms with van der Waals surface area (Å²) in [7, 11) is 0. The van der Waals surface area contributed by atoms with E-state index in [1.165, 1.54) is 0 Å². The molecule has 2 atom stereocenters. The molecular weight excluding hydrogens is 390 g/mol. The second-order valence-electron chi connectivity index (χ2n) is 4.23. The number of hydrogen-bond acceptors (Lipinski definition) is 3. The zero-order chi connectivity index (χ0) is 13.8. The molecule has 2 rings (SSSR count). The summed E-state index contributed by atoms with van der Waals surface area (Å²) in [6.45, 7) is 2.07. The maximum Gasteiger partial charge on any atom is 0.148 e. The van der Waals surface area contributed by atoms with E-state index in [-0.39, 0.29) is 12.1 Å². The van der Waals surface area contributed by atoms with Gasteiger partial charge in [-0.3, -0.25) is 0 Å². The van der Waals surface area contributed by atoms with Gasteiger partial charge < -0.3 is 10.5 Å². The largest absolute Gasteiger partial charge is 0.483 e. The van der Waals surface area contributed by atoms with E-state index in [1.807, 2.05) is 24.3 Å². The molecule has 0 radical (unpaired) electrons. The van der Waals surface area contributed by atoms with E-state index in [0.29, 0.717) is 0 Å². The summed E-state index contributed by atoms with van der Waals surface area (Å²) in [6.07, 6.45) is 0.763. The van der Waals surface area contributed by atoms with Gasteiger partial charge in [-0.2, -0.15) is 0 Å². The molecule has 0 aliphatic carbocycles. The Morgan fingerprint density at radius 2 is 1.89 bits per heavy atom. The Kier molecular flexibility index (Phi) is 5.45. The lowest BCUT2D eigenvalue weighted by molar-refractivity contribution is 0.174. The Bertz CT molecular complexity index is 526. The van der Waals surface area contributed by atoms with Crippen LogP contribution < -0.4 is 10.5 Å². The Morgan fingerprint density at radius 3 is 2.42 bits per heavy atom. The molecule has 1 aromatic heterocycles. The van der Waals surface area contributed by atoms with Crippen LogP contribution in [0, 0.1) is 0 Å². The van der Waals surface area contributed by atoms with Crippen LogP contribution in [0.1, 0.15) is 24.3 Å². The van der Waals surface area contributed by atoms with Gasteiger partial charge in [0.25, 0.3) is 0 Å². The molecule has 0 spiro atoms. The van der Waals surface area contributed by atoms with E-state index in [0.717, 1.165) is 26.0 Å². The van der Waals surface area contributed by atoms with Crippen molar-refractivity contribution < 1.29 is 4.74 Å². The van der Waals surface area contributed by atoms with Gasteiger partial charge in [-0.15, -0.1) is 11.3 Å². The van der Waals surface area contributed by atoms with E-state index in [4.69, 9.17) is 10.5 Å². The molecule has 0 aliphatic rings. The Hall–Kier alpha value is -0.360. The van der Waals surface area contributed by atoms with E-state index in [1.54, 1.807) is 11.3 Å². The molecule has 5 heteroatoms. The standard InChI is InChI=1S/C14H15Br2NOS/c1-2-12(17)14(13-7-10(16)8-19-13)18-11-5-3-9(15)4-6-11/h3-8,12,14H,2,17H2,1H3. The highest BCUT2D eigenvalue weighted by Crippen LogP contribution is 2.32. The quantitative estimate of drug-likeness (QED) is 0.749. The van der Waals surface area contributed by atoms with Crippen LogP contribution in [0.25, 0.3) is 0 Å². The van der Waals surface area contributed by atoms with Crippen molar-refractivity contribution in [3.05, 3.63) is 49.5 Å². The number of thiophene rings is 1. The minimum atomic E-state index is -0.109. The van der Waals surface area contributed by atoms with Crippen LogP contribution in [0.3, 0.4) is 0 Å². The third kappa shape index (κ3) is 4.05. The van der Waals surface area contributed by atoms with Gasteiger partial charge in [0.2, 0.25) is 0 Å². The summed E-state index contributed by atoms with van der Waals surface area (Å²) in [5.41, 5.74) is 6.19. The van der Waals surface area contributed by atoms with Crippen LogP contribution in [-0.4, -0.2) is 6.04 Å². The van der Waals surface area contributed by atoms with Gasteiger partial charge in [-0.1, -0.05) is 22.9 Å². The number of ether oxygens (including phenoxy) is 1. The van der Waals surface area contributed by atoms with Crippen molar-refractivity contribution in [1.82, 2.24) is 0 Å². The molecule has 2 unspecified atom stereocenters. The zero-order valence-electron chi connectivity index (χ0n) is 10.5. The molecule has 2 aromatic rings. The average molecular weight is 405 g/mol. The normalized spacial score (nSPS) is 14.1. The minimum Gasteiger partial charge on any atom is -0.483 e. The smallest absolute Gasteiger partial charge is 0.148 e. The van der Waals surface area contributed by atoms with Gasteiger partial charge in [0.05, 0.1) is 0 Å². The van der Waals surface area contributed by atoms with Crippen LogP contribution in [0.5, 0.6) is 5.75 Å². The van der Waals surface area contributed by atoms with Gasteiger partial charge in [-0.25, -0.2) is 0 Å². The van der Waals surface area contributed by atoms with Crippen LogP contribution in [-0.2, 0) is 0 Å². The van der Waals surface area contributed by atoms with E-state index >= 15 is 0 Å². The number of halogens is 2. The molecule has 0 amide bonds. The number of rotatable bonds is 5. The fourth-order valence-electron chi connectivity index (χ4n) is 1.71. The molecule has 2 nitrogen and oxygen atoms in total. The predicted octanol–water partition coefficient (Wildman–Crippen LogP) is 5.13. The van der Waals surface area contributed by atoms with Crippen molar-refractivity contribution in [2.24, 2.45) is 5.73 Å². The van der Waals surface area contributed by atoms with Crippen molar-refractivity contribution in [2.75, 3.05) is 0 Å². The number of hydrogen-bond donors (Lipinski definition) is 1. The van der Waals surface area contributed by atoms with Gasteiger partial charge in [0, 0.05) is 25.2 Å². The van der Waals surface area contributed by atoms with Crippen molar-refractivity contribution in [1.29, 1.82) is 0 Å². The first-order valence-electron chi connectivity index (χ1n) is 6.02. The highest BCUT2D eigenvalue weighted by atomic mass is 79.9. The molecule has 2 N–H and O–H groups in total. The van der Waals surface area contributed by atoms with Gasteiger partial charge in [0.15, 0.2) is 0 Å². The van der Waals surface area contributed by atoms with Crippen molar-refractivity contribution in [2.45, 2.75) is 25.5 Å². The topological polar surface area (TPSA) is 35.2 Å². The fourth-order valence-corrected chi connectivity index (χ4v) is 3.52. The molecule has 0 saturated heterocycles. The van der Waals surface area contributed by atoms with E-state index in [9.17, 15) is 0 Å². The molecule has 1 heterocycles. The highest BCUT2D eigenvalue weighted by molar-refractivity contribution is 9.10.